The summed E-state index contributed by atoms with van der Waals surface area (Å²) < 4.78 is 0. The number of carboxylic acids is 1. The van der Waals surface area contributed by atoms with Crippen LogP contribution >= 0.6 is 0 Å². The molecule has 0 saturated heterocycles. The third kappa shape index (κ3) is 1.58. The maximum Gasteiger partial charge on any atom is 0.336 e. The van der Waals surface area contributed by atoms with Gasteiger partial charge >= 0.3 is 5.97 Å². The lowest BCUT2D eigenvalue weighted by molar-refractivity contribution is 0.0699. The van der Waals surface area contributed by atoms with Crippen molar-refractivity contribution in [3.8, 4) is 12.1 Å². The molecule has 2 aromatic carbocycles. The van der Waals surface area contributed by atoms with E-state index in [2.05, 4.69) is 0 Å². The van der Waals surface area contributed by atoms with Gasteiger partial charge in [-0.15, -0.1) is 0 Å². The van der Waals surface area contributed by atoms with Gasteiger partial charge in [-0.2, -0.15) is 10.5 Å². The third-order valence-electron chi connectivity index (χ3n) is 2.51. The van der Waals surface area contributed by atoms with Gasteiger partial charge in [0, 0.05) is 5.39 Å². The fourth-order valence-electron chi connectivity index (χ4n) is 1.76. The quantitative estimate of drug-likeness (QED) is 0.802. The lowest BCUT2D eigenvalue weighted by Gasteiger charge is -2.05. The Labute approximate surface area is 96.9 Å². The molecule has 0 unspecified atom stereocenters. The van der Waals surface area contributed by atoms with E-state index in [-0.39, 0.29) is 16.7 Å². The van der Waals surface area contributed by atoms with Crippen molar-refractivity contribution in [2.75, 3.05) is 0 Å². The van der Waals surface area contributed by atoms with E-state index in [0.29, 0.717) is 10.8 Å². The summed E-state index contributed by atoms with van der Waals surface area (Å²) in [5, 5.41) is 28.0. The van der Waals surface area contributed by atoms with E-state index in [4.69, 9.17) is 15.6 Å². The number of hydrogen-bond donors (Lipinski definition) is 1. The third-order valence-corrected chi connectivity index (χ3v) is 2.51. The van der Waals surface area contributed by atoms with Gasteiger partial charge in [0.05, 0.1) is 16.7 Å². The highest BCUT2D eigenvalue weighted by molar-refractivity contribution is 6.06. The van der Waals surface area contributed by atoms with Crippen LogP contribution in [0, 0.1) is 22.7 Å². The number of benzene rings is 2. The fraction of sp³-hybridized carbons (Fsp3) is 0. The average molecular weight is 222 g/mol. The van der Waals surface area contributed by atoms with E-state index in [1.54, 1.807) is 24.3 Å². The molecule has 0 amide bonds. The van der Waals surface area contributed by atoms with Gasteiger partial charge in [0.1, 0.15) is 12.1 Å². The van der Waals surface area contributed by atoms with Crippen LogP contribution in [0.3, 0.4) is 0 Å². The number of carboxylic acid groups (broad SMARTS) is 1. The van der Waals surface area contributed by atoms with Gasteiger partial charge in [0.25, 0.3) is 0 Å². The Morgan fingerprint density at radius 3 is 2.29 bits per heavy atom. The second kappa shape index (κ2) is 3.96. The smallest absolute Gasteiger partial charge is 0.336 e. The van der Waals surface area contributed by atoms with E-state index < -0.39 is 5.97 Å². The van der Waals surface area contributed by atoms with Crippen LogP contribution in [-0.4, -0.2) is 11.1 Å². The van der Waals surface area contributed by atoms with Crippen LogP contribution in [-0.2, 0) is 0 Å². The molecule has 0 aromatic heterocycles. The molecule has 0 heterocycles. The van der Waals surface area contributed by atoms with Gasteiger partial charge < -0.3 is 5.11 Å². The van der Waals surface area contributed by atoms with E-state index in [1.165, 1.54) is 6.07 Å². The molecule has 0 atom stereocenters. The molecule has 17 heavy (non-hydrogen) atoms. The Balaban J connectivity index is 3.03. The van der Waals surface area contributed by atoms with Crippen molar-refractivity contribution < 1.29 is 9.90 Å². The molecule has 4 heteroatoms. The van der Waals surface area contributed by atoms with Crippen LogP contribution in [0.25, 0.3) is 10.8 Å². The summed E-state index contributed by atoms with van der Waals surface area (Å²) in [5.74, 6) is -1.11. The Hall–Kier alpha value is -2.85. The minimum atomic E-state index is -1.11. The summed E-state index contributed by atoms with van der Waals surface area (Å²) in [7, 11) is 0. The summed E-state index contributed by atoms with van der Waals surface area (Å²) in [4.78, 5) is 11.1. The number of nitriles is 2. The standard InChI is InChI=1S/C13H6N2O2/c14-6-8-5-11(13(16)17)9-3-1-2-4-10(9)12(8)7-15/h1-5H,(H,16,17). The van der Waals surface area contributed by atoms with Crippen molar-refractivity contribution in [2.24, 2.45) is 0 Å². The van der Waals surface area contributed by atoms with Gasteiger partial charge in [0.2, 0.25) is 0 Å². The number of hydrogen-bond acceptors (Lipinski definition) is 3. The summed E-state index contributed by atoms with van der Waals surface area (Å²) in [6.45, 7) is 0. The summed E-state index contributed by atoms with van der Waals surface area (Å²) in [5.41, 5.74) is 0.341. The Kier molecular flexibility index (Phi) is 2.48. The molecule has 0 bridgehead atoms. The second-order valence-electron chi connectivity index (χ2n) is 3.42. The van der Waals surface area contributed by atoms with Crippen LogP contribution < -0.4 is 0 Å². The minimum absolute atomic E-state index is 0.0381. The molecule has 4 nitrogen and oxygen atoms in total. The van der Waals surface area contributed by atoms with Crippen LogP contribution in [0.4, 0.5) is 0 Å². The number of rotatable bonds is 1. The largest absolute Gasteiger partial charge is 0.478 e. The molecular weight excluding hydrogens is 216 g/mol. The molecule has 1 N–H and O–H groups in total. The molecular formula is C13H6N2O2. The topological polar surface area (TPSA) is 84.9 Å². The number of fused-ring (bicyclic) bond motifs is 1. The van der Waals surface area contributed by atoms with Crippen molar-refractivity contribution in [2.45, 2.75) is 0 Å². The Morgan fingerprint density at radius 1 is 1.12 bits per heavy atom. The molecule has 0 aliphatic carbocycles. The van der Waals surface area contributed by atoms with Gasteiger partial charge in [-0.3, -0.25) is 0 Å². The first-order valence-corrected chi connectivity index (χ1v) is 4.78. The Bertz CT molecular complexity index is 706. The maximum atomic E-state index is 11.1. The van der Waals surface area contributed by atoms with E-state index in [1.807, 2.05) is 12.1 Å². The fourth-order valence-corrected chi connectivity index (χ4v) is 1.76. The summed E-state index contributed by atoms with van der Waals surface area (Å²) in [6.07, 6.45) is 0. The molecule has 0 aliphatic heterocycles. The second-order valence-corrected chi connectivity index (χ2v) is 3.42. The number of nitrogens with zero attached hydrogens (tertiary/aromatic N) is 2. The lowest BCUT2D eigenvalue weighted by Crippen LogP contribution is -2.00. The van der Waals surface area contributed by atoms with E-state index >= 15 is 0 Å². The monoisotopic (exact) mass is 222 g/mol. The SMILES string of the molecule is N#Cc1cc(C(=O)O)c2ccccc2c1C#N. The molecule has 0 spiro atoms. The van der Waals surface area contributed by atoms with Crippen molar-refractivity contribution >= 4 is 16.7 Å². The number of aromatic carboxylic acids is 1. The van der Waals surface area contributed by atoms with Crippen LogP contribution in [0.5, 0.6) is 0 Å². The normalized spacial score (nSPS) is 9.53. The van der Waals surface area contributed by atoms with E-state index in [0.717, 1.165) is 0 Å². The van der Waals surface area contributed by atoms with E-state index in [9.17, 15) is 4.79 Å². The highest BCUT2D eigenvalue weighted by atomic mass is 16.4. The molecule has 2 aromatic rings. The zero-order valence-corrected chi connectivity index (χ0v) is 8.64. The zero-order valence-electron chi connectivity index (χ0n) is 8.64. The van der Waals surface area contributed by atoms with Gasteiger partial charge in [0.15, 0.2) is 0 Å². The summed E-state index contributed by atoms with van der Waals surface area (Å²) >= 11 is 0. The average Bonchev–Trinajstić information content (AvgIpc) is 2.36. The Morgan fingerprint density at radius 2 is 1.76 bits per heavy atom. The van der Waals surface area contributed by atoms with Gasteiger partial charge in [-0.1, -0.05) is 24.3 Å². The first-order valence-electron chi connectivity index (χ1n) is 4.78. The molecule has 0 saturated carbocycles. The lowest BCUT2D eigenvalue weighted by atomic mass is 9.96. The van der Waals surface area contributed by atoms with Crippen molar-refractivity contribution in [1.29, 1.82) is 10.5 Å². The first-order chi connectivity index (χ1) is 8.19. The summed E-state index contributed by atoms with van der Waals surface area (Å²) in [6, 6.07) is 11.7. The highest BCUT2D eigenvalue weighted by Gasteiger charge is 2.15. The van der Waals surface area contributed by atoms with Crippen molar-refractivity contribution in [3.05, 3.63) is 47.0 Å². The molecule has 0 fully saturated rings. The van der Waals surface area contributed by atoms with Gasteiger partial charge in [-0.05, 0) is 11.5 Å². The molecule has 0 radical (unpaired) electrons. The minimum Gasteiger partial charge on any atom is -0.478 e. The van der Waals surface area contributed by atoms with Crippen molar-refractivity contribution in [1.82, 2.24) is 0 Å². The molecule has 80 valence electrons. The molecule has 0 aliphatic rings. The molecule has 2 rings (SSSR count). The maximum absolute atomic E-state index is 11.1. The van der Waals surface area contributed by atoms with Crippen LogP contribution in [0.2, 0.25) is 0 Å². The predicted octanol–water partition coefficient (Wildman–Crippen LogP) is 2.28. The van der Waals surface area contributed by atoms with Crippen LogP contribution in [0.1, 0.15) is 21.5 Å². The first kappa shape index (κ1) is 10.7. The number of carbonyl (C=O) groups is 1. The predicted molar refractivity (Wildman–Crippen MR) is 60.3 cm³/mol. The zero-order chi connectivity index (χ0) is 12.4. The van der Waals surface area contributed by atoms with Crippen LogP contribution in [0.15, 0.2) is 30.3 Å². The highest BCUT2D eigenvalue weighted by Crippen LogP contribution is 2.25. The van der Waals surface area contributed by atoms with Gasteiger partial charge in [-0.25, -0.2) is 4.79 Å². The van der Waals surface area contributed by atoms with Crippen molar-refractivity contribution in [3.63, 3.8) is 0 Å².